The molecular weight excluding hydrogens is 271 g/mol. The molecule has 0 atom stereocenters. The SMILES string of the molecule is Cc1ccc(F)cc1-n1nc(-c2ccco2)c(C#N)c1N. The molecule has 2 N–H and O–H groups in total. The molecule has 0 aliphatic heterocycles. The fraction of sp³-hybridized carbons (Fsp3) is 0.0667. The third kappa shape index (κ3) is 2.05. The lowest BCUT2D eigenvalue weighted by Gasteiger charge is -2.07. The van der Waals surface area contributed by atoms with E-state index in [4.69, 9.17) is 10.2 Å². The number of furan rings is 1. The van der Waals surface area contributed by atoms with Crippen molar-refractivity contribution in [2.24, 2.45) is 0 Å². The molecule has 5 nitrogen and oxygen atoms in total. The van der Waals surface area contributed by atoms with Gasteiger partial charge in [-0.2, -0.15) is 10.4 Å². The first-order valence-electron chi connectivity index (χ1n) is 6.21. The molecule has 104 valence electrons. The van der Waals surface area contributed by atoms with Crippen molar-refractivity contribution in [2.45, 2.75) is 6.92 Å². The second-order valence-corrected chi connectivity index (χ2v) is 4.54. The fourth-order valence-electron chi connectivity index (χ4n) is 2.12. The highest BCUT2D eigenvalue weighted by Gasteiger charge is 2.20. The van der Waals surface area contributed by atoms with E-state index in [1.54, 1.807) is 18.2 Å². The molecule has 0 amide bonds. The quantitative estimate of drug-likeness (QED) is 0.783. The van der Waals surface area contributed by atoms with E-state index in [2.05, 4.69) is 5.10 Å². The molecule has 0 aliphatic carbocycles. The number of nitriles is 1. The van der Waals surface area contributed by atoms with Crippen LogP contribution in [0.2, 0.25) is 0 Å². The molecule has 0 aliphatic rings. The largest absolute Gasteiger partial charge is 0.463 e. The molecule has 21 heavy (non-hydrogen) atoms. The van der Waals surface area contributed by atoms with E-state index in [1.165, 1.54) is 23.1 Å². The zero-order chi connectivity index (χ0) is 15.0. The highest BCUT2D eigenvalue weighted by atomic mass is 19.1. The maximum Gasteiger partial charge on any atom is 0.155 e. The number of hydrogen-bond donors (Lipinski definition) is 1. The molecule has 0 radical (unpaired) electrons. The standard InChI is InChI=1S/C15H11FN4O/c1-9-4-5-10(16)7-12(9)20-15(18)11(8-17)14(19-20)13-3-2-6-21-13/h2-7H,18H2,1H3. The third-order valence-corrected chi connectivity index (χ3v) is 3.19. The zero-order valence-corrected chi connectivity index (χ0v) is 11.2. The van der Waals surface area contributed by atoms with Crippen molar-refractivity contribution in [3.8, 4) is 23.2 Å². The van der Waals surface area contributed by atoms with Gasteiger partial charge in [0.15, 0.2) is 5.76 Å². The summed E-state index contributed by atoms with van der Waals surface area (Å²) in [5.41, 5.74) is 7.81. The zero-order valence-electron chi connectivity index (χ0n) is 11.2. The Bertz CT molecular complexity index is 843. The molecule has 1 aromatic carbocycles. The Balaban J connectivity index is 2.26. The Morgan fingerprint density at radius 1 is 1.38 bits per heavy atom. The molecule has 3 aromatic rings. The Hall–Kier alpha value is -3.07. The van der Waals surface area contributed by atoms with Crippen molar-refractivity contribution >= 4 is 5.82 Å². The van der Waals surface area contributed by atoms with Crippen molar-refractivity contribution < 1.29 is 8.81 Å². The first-order valence-corrected chi connectivity index (χ1v) is 6.21. The summed E-state index contributed by atoms with van der Waals surface area (Å²) >= 11 is 0. The van der Waals surface area contributed by atoms with Gasteiger partial charge >= 0.3 is 0 Å². The van der Waals surface area contributed by atoms with Crippen molar-refractivity contribution in [2.75, 3.05) is 5.73 Å². The highest BCUT2D eigenvalue weighted by Crippen LogP contribution is 2.29. The number of aryl methyl sites for hydroxylation is 1. The normalized spacial score (nSPS) is 10.5. The molecule has 0 saturated carbocycles. The topological polar surface area (TPSA) is 80.8 Å². The number of nitrogens with zero attached hydrogens (tertiary/aromatic N) is 3. The van der Waals surface area contributed by atoms with Gasteiger partial charge in [0.25, 0.3) is 0 Å². The van der Waals surface area contributed by atoms with Crippen molar-refractivity contribution in [1.82, 2.24) is 9.78 Å². The van der Waals surface area contributed by atoms with Gasteiger partial charge in [0.1, 0.15) is 29.0 Å². The van der Waals surface area contributed by atoms with Crippen molar-refractivity contribution in [3.05, 3.63) is 53.5 Å². The van der Waals surface area contributed by atoms with Crippen LogP contribution in [-0.4, -0.2) is 9.78 Å². The van der Waals surface area contributed by atoms with Crippen LogP contribution >= 0.6 is 0 Å². The molecule has 6 heteroatoms. The van der Waals surface area contributed by atoms with Gasteiger partial charge in [-0.3, -0.25) is 0 Å². The first-order chi connectivity index (χ1) is 10.1. The van der Waals surface area contributed by atoms with E-state index in [0.29, 0.717) is 17.1 Å². The second-order valence-electron chi connectivity index (χ2n) is 4.54. The summed E-state index contributed by atoms with van der Waals surface area (Å²) in [6, 6.07) is 9.71. The predicted octanol–water partition coefficient (Wildman–Crippen LogP) is 3.03. The van der Waals surface area contributed by atoms with Crippen LogP contribution in [0.3, 0.4) is 0 Å². The summed E-state index contributed by atoms with van der Waals surface area (Å²) in [4.78, 5) is 0. The molecule has 2 aromatic heterocycles. The van der Waals surface area contributed by atoms with E-state index < -0.39 is 5.82 Å². The minimum atomic E-state index is -0.399. The summed E-state index contributed by atoms with van der Waals surface area (Å²) in [5, 5.41) is 13.6. The van der Waals surface area contributed by atoms with E-state index in [9.17, 15) is 9.65 Å². The lowest BCUT2D eigenvalue weighted by Crippen LogP contribution is -2.04. The summed E-state index contributed by atoms with van der Waals surface area (Å²) < 4.78 is 20.1. The monoisotopic (exact) mass is 282 g/mol. The third-order valence-electron chi connectivity index (χ3n) is 3.19. The average molecular weight is 282 g/mol. The predicted molar refractivity (Wildman–Crippen MR) is 75.1 cm³/mol. The van der Waals surface area contributed by atoms with E-state index >= 15 is 0 Å². The van der Waals surface area contributed by atoms with Gasteiger partial charge in [-0.05, 0) is 36.8 Å². The molecule has 0 saturated heterocycles. The van der Waals surface area contributed by atoms with Gasteiger partial charge in [-0.25, -0.2) is 9.07 Å². The minimum Gasteiger partial charge on any atom is -0.463 e. The van der Waals surface area contributed by atoms with Gasteiger partial charge in [0.2, 0.25) is 0 Å². The van der Waals surface area contributed by atoms with E-state index in [0.717, 1.165) is 5.56 Å². The number of nitrogens with two attached hydrogens (primary N) is 1. The summed E-state index contributed by atoms with van der Waals surface area (Å²) in [7, 11) is 0. The summed E-state index contributed by atoms with van der Waals surface area (Å²) in [6.07, 6.45) is 1.49. The number of rotatable bonds is 2. The lowest BCUT2D eigenvalue weighted by molar-refractivity contribution is 0.578. The van der Waals surface area contributed by atoms with Crippen LogP contribution in [-0.2, 0) is 0 Å². The maximum absolute atomic E-state index is 13.5. The fourth-order valence-corrected chi connectivity index (χ4v) is 2.12. The van der Waals surface area contributed by atoms with E-state index in [-0.39, 0.29) is 11.4 Å². The maximum atomic E-state index is 13.5. The first kappa shape index (κ1) is 12.9. The van der Waals surface area contributed by atoms with Gasteiger partial charge in [0.05, 0.1) is 12.0 Å². The number of benzene rings is 1. The molecule has 0 spiro atoms. The summed E-state index contributed by atoms with van der Waals surface area (Å²) in [5.74, 6) is 0.187. The molecular formula is C15H11FN4O. The Kier molecular flexibility index (Phi) is 2.95. The number of anilines is 1. The summed E-state index contributed by atoms with van der Waals surface area (Å²) in [6.45, 7) is 1.81. The van der Waals surface area contributed by atoms with Crippen molar-refractivity contribution in [3.63, 3.8) is 0 Å². The van der Waals surface area contributed by atoms with Crippen LogP contribution < -0.4 is 5.73 Å². The number of aromatic nitrogens is 2. The molecule has 2 heterocycles. The molecule has 0 unspecified atom stereocenters. The number of hydrogen-bond acceptors (Lipinski definition) is 4. The van der Waals surface area contributed by atoms with Crippen LogP contribution in [0.5, 0.6) is 0 Å². The highest BCUT2D eigenvalue weighted by molar-refractivity contribution is 5.71. The Labute approximate surface area is 120 Å². The van der Waals surface area contributed by atoms with Crippen LogP contribution in [0.25, 0.3) is 17.1 Å². The Morgan fingerprint density at radius 2 is 2.19 bits per heavy atom. The van der Waals surface area contributed by atoms with Gasteiger partial charge in [-0.15, -0.1) is 0 Å². The number of halogens is 1. The smallest absolute Gasteiger partial charge is 0.155 e. The van der Waals surface area contributed by atoms with Crippen LogP contribution in [0, 0.1) is 24.1 Å². The minimum absolute atomic E-state index is 0.151. The van der Waals surface area contributed by atoms with Gasteiger partial charge in [-0.1, -0.05) is 6.07 Å². The molecule has 0 bridgehead atoms. The number of nitrogen functional groups attached to an aromatic ring is 1. The van der Waals surface area contributed by atoms with Crippen LogP contribution in [0.15, 0.2) is 41.0 Å². The van der Waals surface area contributed by atoms with Gasteiger partial charge < -0.3 is 10.2 Å². The van der Waals surface area contributed by atoms with Crippen LogP contribution in [0.1, 0.15) is 11.1 Å². The van der Waals surface area contributed by atoms with Crippen molar-refractivity contribution in [1.29, 1.82) is 5.26 Å². The second kappa shape index (κ2) is 4.80. The Morgan fingerprint density at radius 3 is 2.86 bits per heavy atom. The average Bonchev–Trinajstić information content (AvgIpc) is 3.09. The van der Waals surface area contributed by atoms with Gasteiger partial charge in [0, 0.05) is 0 Å². The molecule has 3 rings (SSSR count). The molecule has 0 fully saturated rings. The van der Waals surface area contributed by atoms with Crippen LogP contribution in [0.4, 0.5) is 10.2 Å². The van der Waals surface area contributed by atoms with E-state index in [1.807, 2.05) is 13.0 Å². The lowest BCUT2D eigenvalue weighted by atomic mass is 10.2.